The number of rotatable bonds is 20. The largest absolute Gasteiger partial charge is 0.459 e. The fourth-order valence-electron chi connectivity index (χ4n) is 9.06. The lowest BCUT2D eigenvalue weighted by molar-refractivity contribution is -0.151. The summed E-state index contributed by atoms with van der Waals surface area (Å²) in [6.07, 6.45) is -6.66. The molecule has 14 atom stereocenters. The number of aliphatic hydroxyl groups is 4. The number of nitriles is 2. The van der Waals surface area contributed by atoms with Gasteiger partial charge in [0.15, 0.2) is 11.6 Å². The zero-order valence-electron chi connectivity index (χ0n) is 43.8. The number of esters is 2. The average Bonchev–Trinajstić information content (AvgIpc) is 3.26. The van der Waals surface area contributed by atoms with E-state index in [-0.39, 0.29) is 47.7 Å². The highest BCUT2D eigenvalue weighted by atomic mass is 31.2. The van der Waals surface area contributed by atoms with E-state index in [4.69, 9.17) is 58.0 Å². The molecule has 32 heteroatoms. The van der Waals surface area contributed by atoms with Gasteiger partial charge in [0.2, 0.25) is 11.2 Å². The van der Waals surface area contributed by atoms with Crippen molar-refractivity contribution in [3.05, 3.63) is 109 Å². The number of nitrogens with one attached hydrogen (secondary N) is 2. The molecule has 4 saturated heterocycles. The Morgan fingerprint density at radius 3 is 1.41 bits per heavy atom. The molecule has 4 fully saturated rings. The second kappa shape index (κ2) is 25.1. The second-order valence-corrected chi connectivity index (χ2v) is 22.6. The predicted molar refractivity (Wildman–Crippen MR) is 280 cm³/mol. The molecule has 0 unspecified atom stereocenters. The van der Waals surface area contributed by atoms with Crippen LogP contribution in [0.15, 0.2) is 97.6 Å². The first-order valence-electron chi connectivity index (χ1n) is 25.5. The molecule has 436 valence electrons. The molecular formula is C50H58N12O18P2. The van der Waals surface area contributed by atoms with Crippen LogP contribution in [-0.4, -0.2) is 161 Å². The molecule has 0 radical (unpaired) electrons. The Balaban J connectivity index is 0.000000198. The van der Waals surface area contributed by atoms with Gasteiger partial charge in [0, 0.05) is 12.8 Å². The first-order chi connectivity index (χ1) is 39.3. The lowest BCUT2D eigenvalue weighted by Crippen LogP contribution is -2.46. The number of aliphatic hydroxyl groups excluding tert-OH is 4. The van der Waals surface area contributed by atoms with E-state index in [2.05, 4.69) is 30.3 Å². The minimum atomic E-state index is -4.42. The number of hydrogen-bond acceptors (Lipinski definition) is 26. The zero-order valence-corrected chi connectivity index (χ0v) is 45.6. The fourth-order valence-corrected chi connectivity index (χ4v) is 12.1. The van der Waals surface area contributed by atoms with Crippen molar-refractivity contribution in [1.29, 1.82) is 10.5 Å². The summed E-state index contributed by atoms with van der Waals surface area (Å²) >= 11 is 0. The van der Waals surface area contributed by atoms with Crippen LogP contribution in [0, 0.1) is 22.7 Å². The van der Waals surface area contributed by atoms with Crippen LogP contribution in [0.5, 0.6) is 11.5 Å². The van der Waals surface area contributed by atoms with E-state index in [9.17, 15) is 49.7 Å². The van der Waals surface area contributed by atoms with E-state index < -0.39 is 113 Å². The van der Waals surface area contributed by atoms with Crippen LogP contribution in [0.1, 0.15) is 50.3 Å². The molecule has 10 N–H and O–H groups in total. The number of nitrogen functional groups attached to an aromatic ring is 2. The number of ether oxygens (including phenoxy) is 6. The number of anilines is 2. The van der Waals surface area contributed by atoms with Crippen LogP contribution in [0.4, 0.5) is 11.6 Å². The third-order valence-electron chi connectivity index (χ3n) is 13.5. The Hall–Kier alpha value is -7.22. The van der Waals surface area contributed by atoms with Crippen LogP contribution < -0.4 is 30.7 Å². The van der Waals surface area contributed by atoms with Gasteiger partial charge in [0.1, 0.15) is 121 Å². The molecule has 0 saturated carbocycles. The Morgan fingerprint density at radius 1 is 0.671 bits per heavy atom. The molecule has 4 aliphatic heterocycles. The summed E-state index contributed by atoms with van der Waals surface area (Å²) in [5.74, 6) is -0.807. The van der Waals surface area contributed by atoms with Crippen molar-refractivity contribution in [2.45, 2.75) is 98.8 Å². The number of nitrogens with zero attached hydrogens (tertiary/aromatic N) is 8. The standard InChI is InChI=1S/2C25H29N6O9P/c2*1-15(24(34)38-17-9-10-36-11-17)30-41(35,40-16-5-3-2-4-6-16)37-13-25(12-26)22(33)20(32)21(39-25)18-7-8-19-23(27)28-14-29-31(18)19/h2*2-8,14-15,17,20-22,32-33H,9-11,13H2,1H3,(H,30,35)(H2,27,28,29)/t15-,17+,20-,21-,22-,25+,41+;15-,17+,20-,21-,22-,25+,41-/m00/s1. The lowest BCUT2D eigenvalue weighted by atomic mass is 9.96. The lowest BCUT2D eigenvalue weighted by Gasteiger charge is -2.28. The molecule has 4 aromatic heterocycles. The Kier molecular flexibility index (Phi) is 18.2. The highest BCUT2D eigenvalue weighted by Crippen LogP contribution is 2.50. The van der Waals surface area contributed by atoms with Gasteiger partial charge in [-0.2, -0.15) is 30.9 Å². The minimum absolute atomic E-state index is 0.141. The second-order valence-electron chi connectivity index (χ2n) is 19.2. The van der Waals surface area contributed by atoms with E-state index in [1.54, 1.807) is 60.7 Å². The zero-order chi connectivity index (χ0) is 58.4. The molecule has 6 aromatic rings. The van der Waals surface area contributed by atoms with E-state index >= 15 is 0 Å². The Morgan fingerprint density at radius 2 is 1.06 bits per heavy atom. The summed E-state index contributed by atoms with van der Waals surface area (Å²) in [7, 11) is -8.85. The summed E-state index contributed by atoms with van der Waals surface area (Å²) in [6, 6.07) is 23.7. The van der Waals surface area contributed by atoms with E-state index in [1.165, 1.54) is 59.8 Å². The van der Waals surface area contributed by atoms with Gasteiger partial charge in [-0.3, -0.25) is 18.6 Å². The van der Waals surface area contributed by atoms with Crippen LogP contribution in [0.3, 0.4) is 0 Å². The molecule has 0 amide bonds. The molecule has 8 heterocycles. The monoisotopic (exact) mass is 1180 g/mol. The van der Waals surface area contributed by atoms with E-state index in [0.29, 0.717) is 37.1 Å². The maximum absolute atomic E-state index is 13.9. The maximum atomic E-state index is 13.9. The number of hydrogen-bond donors (Lipinski definition) is 8. The first kappa shape index (κ1) is 59.4. The normalized spacial score (nSPS) is 28.1. The molecule has 0 bridgehead atoms. The topological polar surface area (TPSA) is 426 Å². The van der Waals surface area contributed by atoms with Crippen LogP contribution in [0.2, 0.25) is 0 Å². The molecule has 0 aliphatic carbocycles. The Labute approximate surface area is 466 Å². The van der Waals surface area contributed by atoms with Gasteiger partial charge >= 0.3 is 27.4 Å². The number of carbonyl (C=O) groups excluding carboxylic acids is 2. The summed E-state index contributed by atoms with van der Waals surface area (Å²) in [4.78, 5) is 33.2. The highest BCUT2D eigenvalue weighted by molar-refractivity contribution is 7.52. The SMILES string of the molecule is C[C@H](N[P@@](=O)(OC[C@@]1(C#N)O[C@@H](c2ccc3c(N)ncnn23)[C@H](O)[C@@H]1O)Oc1ccccc1)C(=O)O[C@@H]1CCOC1.C[C@H](N[P@](=O)(OC[C@@]1(C#N)O[C@@H](c2ccc3c(N)ncnn23)[C@H](O)[C@@H]1O)Oc1ccccc1)C(=O)O[C@@H]1CCOC1. The van der Waals surface area contributed by atoms with Gasteiger partial charge in [0.25, 0.3) is 0 Å². The summed E-state index contributed by atoms with van der Waals surface area (Å²) in [5.41, 5.74) is 8.82. The molecule has 0 spiro atoms. The Bertz CT molecular complexity index is 3180. The van der Waals surface area contributed by atoms with Gasteiger partial charge in [-0.25, -0.2) is 28.1 Å². The first-order valence-corrected chi connectivity index (χ1v) is 28.5. The van der Waals surface area contributed by atoms with Crippen molar-refractivity contribution in [2.24, 2.45) is 0 Å². The van der Waals surface area contributed by atoms with Crippen molar-refractivity contribution in [1.82, 2.24) is 39.4 Å². The molecule has 82 heavy (non-hydrogen) atoms. The van der Waals surface area contributed by atoms with E-state index in [1.807, 2.05) is 12.1 Å². The van der Waals surface area contributed by atoms with Gasteiger partial charge < -0.3 is 69.4 Å². The minimum Gasteiger partial charge on any atom is -0.459 e. The molecule has 4 aliphatic rings. The summed E-state index contributed by atoms with van der Waals surface area (Å²) in [5, 5.41) is 77.1. The fraction of sp³-hybridized carbons (Fsp3) is 0.440. The number of benzene rings is 2. The maximum Gasteiger partial charge on any atom is 0.459 e. The summed E-state index contributed by atoms with van der Waals surface area (Å²) < 4.78 is 86.0. The quantitative estimate of drug-likeness (QED) is 0.0399. The van der Waals surface area contributed by atoms with Gasteiger partial charge in [-0.15, -0.1) is 0 Å². The van der Waals surface area contributed by atoms with Crippen molar-refractivity contribution >= 4 is 50.1 Å². The third-order valence-corrected chi connectivity index (χ3v) is 16.7. The van der Waals surface area contributed by atoms with Crippen LogP contribution in [-0.2, 0) is 56.2 Å². The molecule has 10 rings (SSSR count). The van der Waals surface area contributed by atoms with Crippen LogP contribution >= 0.6 is 15.5 Å². The van der Waals surface area contributed by atoms with Crippen LogP contribution in [0.25, 0.3) is 11.0 Å². The average molecular weight is 1180 g/mol. The number of carbonyl (C=O) groups is 2. The van der Waals surface area contributed by atoms with Gasteiger partial charge in [0.05, 0.1) is 37.8 Å². The number of para-hydroxylation sites is 2. The van der Waals surface area contributed by atoms with Crippen molar-refractivity contribution in [3.8, 4) is 23.6 Å². The number of aromatic nitrogens is 6. The third kappa shape index (κ3) is 12.9. The van der Waals surface area contributed by atoms with Crippen molar-refractivity contribution in [2.75, 3.05) is 51.1 Å². The molecule has 2 aromatic carbocycles. The number of nitrogens with two attached hydrogens (primary N) is 2. The molecule has 30 nitrogen and oxygen atoms in total. The smallest absolute Gasteiger partial charge is 0.459 e. The molecular weight excluding hydrogens is 1120 g/mol. The highest BCUT2D eigenvalue weighted by Gasteiger charge is 2.59. The predicted octanol–water partition coefficient (Wildman–Crippen LogP) is 1.76. The van der Waals surface area contributed by atoms with Crippen molar-refractivity contribution in [3.63, 3.8) is 0 Å². The van der Waals surface area contributed by atoms with Gasteiger partial charge in [-0.1, -0.05) is 36.4 Å². The van der Waals surface area contributed by atoms with Crippen molar-refractivity contribution < 1.29 is 85.7 Å². The van der Waals surface area contributed by atoms with Gasteiger partial charge in [-0.05, 0) is 62.4 Å². The number of fused-ring (bicyclic) bond motifs is 2. The van der Waals surface area contributed by atoms with E-state index in [0.717, 1.165) is 0 Å². The summed E-state index contributed by atoms with van der Waals surface area (Å²) in [6.45, 7) is 2.63.